The summed E-state index contributed by atoms with van der Waals surface area (Å²) < 4.78 is 10.7. The van der Waals surface area contributed by atoms with Crippen molar-refractivity contribution in [2.75, 3.05) is 32.2 Å². The van der Waals surface area contributed by atoms with Crippen LogP contribution in [0.2, 0.25) is 0 Å². The highest BCUT2D eigenvalue weighted by atomic mass is 32.1. The lowest BCUT2D eigenvalue weighted by Gasteiger charge is -2.23. The van der Waals surface area contributed by atoms with Gasteiger partial charge in [0.2, 0.25) is 0 Å². The summed E-state index contributed by atoms with van der Waals surface area (Å²) in [5, 5.41) is 6.98. The van der Waals surface area contributed by atoms with Crippen molar-refractivity contribution in [3.8, 4) is 5.75 Å². The monoisotopic (exact) mass is 334 g/mol. The first kappa shape index (κ1) is 17.3. The molecule has 0 saturated carbocycles. The topological polar surface area (TPSA) is 50.8 Å². The predicted molar refractivity (Wildman–Crippen MR) is 93.2 cm³/mol. The number of nitrogens with zero attached hydrogens (tertiary/aromatic N) is 1. The van der Waals surface area contributed by atoms with Gasteiger partial charge in [-0.25, -0.2) is 4.79 Å². The average molecular weight is 334 g/mol. The lowest BCUT2D eigenvalue weighted by molar-refractivity contribution is 0.153. The number of anilines is 1. The van der Waals surface area contributed by atoms with E-state index in [1.165, 1.54) is 0 Å². The zero-order chi connectivity index (χ0) is 16.5. The Bertz CT molecular complexity index is 602. The zero-order valence-electron chi connectivity index (χ0n) is 13.5. The summed E-state index contributed by atoms with van der Waals surface area (Å²) in [5.41, 5.74) is 1.78. The van der Waals surface area contributed by atoms with Gasteiger partial charge in [0.1, 0.15) is 5.75 Å². The molecule has 1 N–H and O–H groups in total. The molecule has 0 atom stereocenters. The summed E-state index contributed by atoms with van der Waals surface area (Å²) in [6, 6.07) is 9.29. The third-order valence-electron chi connectivity index (χ3n) is 3.23. The van der Waals surface area contributed by atoms with Crippen LogP contribution in [0.25, 0.3) is 0 Å². The molecular weight excluding hydrogens is 312 g/mol. The van der Waals surface area contributed by atoms with E-state index in [4.69, 9.17) is 9.47 Å². The van der Waals surface area contributed by atoms with Crippen molar-refractivity contribution in [3.05, 3.63) is 46.7 Å². The number of benzene rings is 1. The van der Waals surface area contributed by atoms with Gasteiger partial charge in [-0.3, -0.25) is 0 Å². The lowest BCUT2D eigenvalue weighted by atomic mass is 10.3. The number of amides is 2. The van der Waals surface area contributed by atoms with Crippen LogP contribution in [0.4, 0.5) is 10.5 Å². The Morgan fingerprint density at radius 3 is 2.83 bits per heavy atom. The van der Waals surface area contributed by atoms with Gasteiger partial charge in [-0.1, -0.05) is 12.1 Å². The summed E-state index contributed by atoms with van der Waals surface area (Å²) >= 11 is 1.62. The molecule has 0 saturated heterocycles. The molecule has 0 bridgehead atoms. The van der Waals surface area contributed by atoms with E-state index in [9.17, 15) is 4.79 Å². The normalized spacial score (nSPS) is 10.3. The summed E-state index contributed by atoms with van der Waals surface area (Å²) in [7, 11) is 1.63. The minimum absolute atomic E-state index is 0.166. The maximum Gasteiger partial charge on any atom is 0.322 e. The number of carbonyl (C=O) groups is 1. The van der Waals surface area contributed by atoms with Crippen molar-refractivity contribution < 1.29 is 14.3 Å². The smallest absolute Gasteiger partial charge is 0.322 e. The van der Waals surface area contributed by atoms with Gasteiger partial charge in [0, 0.05) is 20.2 Å². The number of urea groups is 1. The van der Waals surface area contributed by atoms with Crippen LogP contribution in [-0.2, 0) is 11.3 Å². The van der Waals surface area contributed by atoms with E-state index in [0.717, 1.165) is 5.56 Å². The first-order chi connectivity index (χ1) is 11.2. The van der Waals surface area contributed by atoms with Crippen molar-refractivity contribution in [1.82, 2.24) is 4.90 Å². The second-order valence-electron chi connectivity index (χ2n) is 4.91. The Balaban J connectivity index is 2.07. The quantitative estimate of drug-likeness (QED) is 0.798. The van der Waals surface area contributed by atoms with Crippen LogP contribution in [0.5, 0.6) is 5.75 Å². The van der Waals surface area contributed by atoms with E-state index < -0.39 is 0 Å². The highest BCUT2D eigenvalue weighted by molar-refractivity contribution is 7.07. The number of rotatable bonds is 8. The summed E-state index contributed by atoms with van der Waals surface area (Å²) in [5.74, 6) is 0.672. The number of methoxy groups -OCH3 is 1. The van der Waals surface area contributed by atoms with Gasteiger partial charge in [0.05, 0.1) is 18.9 Å². The minimum atomic E-state index is -0.166. The number of thiophene rings is 1. The summed E-state index contributed by atoms with van der Waals surface area (Å²) in [6.07, 6.45) is 0. The van der Waals surface area contributed by atoms with Crippen molar-refractivity contribution in [3.63, 3.8) is 0 Å². The molecular formula is C17H22N2O3S. The van der Waals surface area contributed by atoms with Crippen LogP contribution in [0, 0.1) is 0 Å². The van der Waals surface area contributed by atoms with Gasteiger partial charge in [-0.2, -0.15) is 11.3 Å². The van der Waals surface area contributed by atoms with Crippen LogP contribution in [0.1, 0.15) is 12.5 Å². The summed E-state index contributed by atoms with van der Waals surface area (Å²) in [6.45, 7) is 4.03. The average Bonchev–Trinajstić information content (AvgIpc) is 3.06. The Hall–Kier alpha value is -2.05. The van der Waals surface area contributed by atoms with Gasteiger partial charge < -0.3 is 19.7 Å². The predicted octanol–water partition coefficient (Wildman–Crippen LogP) is 3.83. The minimum Gasteiger partial charge on any atom is -0.492 e. The molecule has 0 aliphatic rings. The highest BCUT2D eigenvalue weighted by Crippen LogP contribution is 2.24. The maximum atomic E-state index is 12.6. The van der Waals surface area contributed by atoms with Crippen LogP contribution in [0.3, 0.4) is 0 Å². The van der Waals surface area contributed by atoms with E-state index in [-0.39, 0.29) is 6.03 Å². The molecule has 0 spiro atoms. The fourth-order valence-corrected chi connectivity index (χ4v) is 2.76. The third-order valence-corrected chi connectivity index (χ3v) is 3.97. The molecule has 2 aromatic rings. The maximum absolute atomic E-state index is 12.6. The van der Waals surface area contributed by atoms with Crippen molar-refractivity contribution >= 4 is 23.1 Å². The first-order valence-corrected chi connectivity index (χ1v) is 8.46. The SMILES string of the molecule is CCOc1ccccc1NC(=O)N(CCOC)Cc1ccsc1. The molecule has 124 valence electrons. The number of hydrogen-bond donors (Lipinski definition) is 1. The second-order valence-corrected chi connectivity index (χ2v) is 5.69. The van der Waals surface area contributed by atoms with Crippen molar-refractivity contribution in [2.24, 2.45) is 0 Å². The Morgan fingerprint density at radius 2 is 2.13 bits per heavy atom. The molecule has 6 heteroatoms. The molecule has 23 heavy (non-hydrogen) atoms. The Kier molecular flexibility index (Phi) is 6.90. The number of carbonyl (C=O) groups excluding carboxylic acids is 1. The molecule has 2 rings (SSSR count). The van der Waals surface area contributed by atoms with Crippen LogP contribution in [0.15, 0.2) is 41.1 Å². The molecule has 2 amide bonds. The Labute approximate surface area is 140 Å². The van der Waals surface area contributed by atoms with E-state index in [0.29, 0.717) is 37.7 Å². The number of para-hydroxylation sites is 2. The van der Waals surface area contributed by atoms with Gasteiger partial charge in [0.25, 0.3) is 0 Å². The lowest BCUT2D eigenvalue weighted by Crippen LogP contribution is -2.36. The first-order valence-electron chi connectivity index (χ1n) is 7.52. The molecule has 1 aromatic heterocycles. The van der Waals surface area contributed by atoms with Crippen LogP contribution < -0.4 is 10.1 Å². The van der Waals surface area contributed by atoms with Gasteiger partial charge >= 0.3 is 6.03 Å². The molecule has 0 aliphatic carbocycles. The number of ether oxygens (including phenoxy) is 2. The van der Waals surface area contributed by atoms with E-state index in [1.807, 2.05) is 48.0 Å². The standard InChI is InChI=1S/C17H22N2O3S/c1-3-22-16-7-5-4-6-15(16)18-17(20)19(9-10-21-2)12-14-8-11-23-13-14/h4-8,11,13H,3,9-10,12H2,1-2H3,(H,18,20). The summed E-state index contributed by atoms with van der Waals surface area (Å²) in [4.78, 5) is 14.3. The fraction of sp³-hybridized carbons (Fsp3) is 0.353. The molecule has 0 unspecified atom stereocenters. The van der Waals surface area contributed by atoms with Crippen LogP contribution >= 0.6 is 11.3 Å². The Morgan fingerprint density at radius 1 is 1.30 bits per heavy atom. The molecule has 1 aromatic carbocycles. The van der Waals surface area contributed by atoms with Gasteiger partial charge in [0.15, 0.2) is 0 Å². The van der Waals surface area contributed by atoms with E-state index in [2.05, 4.69) is 5.32 Å². The number of hydrogen-bond acceptors (Lipinski definition) is 4. The largest absolute Gasteiger partial charge is 0.492 e. The highest BCUT2D eigenvalue weighted by Gasteiger charge is 2.16. The zero-order valence-corrected chi connectivity index (χ0v) is 14.3. The fourth-order valence-electron chi connectivity index (χ4n) is 2.10. The molecule has 0 radical (unpaired) electrons. The number of nitrogens with one attached hydrogen (secondary N) is 1. The van der Waals surface area contributed by atoms with Gasteiger partial charge in [-0.15, -0.1) is 0 Å². The van der Waals surface area contributed by atoms with Crippen molar-refractivity contribution in [2.45, 2.75) is 13.5 Å². The van der Waals surface area contributed by atoms with Crippen molar-refractivity contribution in [1.29, 1.82) is 0 Å². The second kappa shape index (κ2) is 9.17. The third kappa shape index (κ3) is 5.26. The van der Waals surface area contributed by atoms with Gasteiger partial charge in [-0.05, 0) is 41.4 Å². The molecule has 0 aliphatic heterocycles. The molecule has 0 fully saturated rings. The molecule has 5 nitrogen and oxygen atoms in total. The van der Waals surface area contributed by atoms with Crippen LogP contribution in [-0.4, -0.2) is 37.8 Å². The molecule has 1 heterocycles. The van der Waals surface area contributed by atoms with E-state index >= 15 is 0 Å². The van der Waals surface area contributed by atoms with E-state index in [1.54, 1.807) is 23.3 Å².